The number of aromatic nitrogens is 2. The Morgan fingerprint density at radius 1 is 1.23 bits per heavy atom. The Kier molecular flexibility index (Phi) is 4.73. The molecule has 0 bridgehead atoms. The van der Waals surface area contributed by atoms with Gasteiger partial charge in [-0.15, -0.1) is 16.2 Å². The number of sulfonamides is 1. The maximum absolute atomic E-state index is 12.5. The predicted octanol–water partition coefficient (Wildman–Crippen LogP) is 1.97. The van der Waals surface area contributed by atoms with Gasteiger partial charge in [0.2, 0.25) is 5.91 Å². The van der Waals surface area contributed by atoms with Gasteiger partial charge in [0, 0.05) is 17.8 Å². The van der Waals surface area contributed by atoms with E-state index in [1.54, 1.807) is 16.8 Å². The van der Waals surface area contributed by atoms with Crippen molar-refractivity contribution in [3.8, 4) is 0 Å². The molecule has 1 amide bonds. The largest absolute Gasteiger partial charge is 0.416 e. The SMILES string of the molecule is O=C(Cc1cn2ccsc2n1)NNS(=O)(=O)c1ccc(C(F)(F)F)cc1. The van der Waals surface area contributed by atoms with Crippen molar-refractivity contribution in [1.29, 1.82) is 0 Å². The number of carbonyl (C=O) groups excluding carboxylic acids is 1. The first-order chi connectivity index (χ1) is 12.1. The number of hydrazine groups is 1. The van der Waals surface area contributed by atoms with E-state index in [1.165, 1.54) is 11.3 Å². The van der Waals surface area contributed by atoms with Crippen molar-refractivity contribution in [2.24, 2.45) is 0 Å². The summed E-state index contributed by atoms with van der Waals surface area (Å²) in [6, 6.07) is 2.91. The van der Waals surface area contributed by atoms with Crippen LogP contribution in [0.2, 0.25) is 0 Å². The fourth-order valence-corrected chi connectivity index (χ4v) is 3.66. The van der Waals surface area contributed by atoms with Crippen molar-refractivity contribution in [2.75, 3.05) is 0 Å². The van der Waals surface area contributed by atoms with E-state index in [2.05, 4.69) is 4.98 Å². The van der Waals surface area contributed by atoms with E-state index in [0.717, 1.165) is 12.1 Å². The highest BCUT2D eigenvalue weighted by molar-refractivity contribution is 7.89. The quantitative estimate of drug-likeness (QED) is 0.636. The maximum atomic E-state index is 12.5. The van der Waals surface area contributed by atoms with Crippen LogP contribution in [0.25, 0.3) is 4.96 Å². The molecule has 26 heavy (non-hydrogen) atoms. The zero-order valence-electron chi connectivity index (χ0n) is 12.8. The summed E-state index contributed by atoms with van der Waals surface area (Å²) >= 11 is 1.38. The molecule has 12 heteroatoms. The average molecular weight is 404 g/mol. The molecule has 138 valence electrons. The van der Waals surface area contributed by atoms with Crippen molar-refractivity contribution >= 4 is 32.2 Å². The monoisotopic (exact) mass is 404 g/mol. The number of alkyl halides is 3. The average Bonchev–Trinajstić information content (AvgIpc) is 3.14. The van der Waals surface area contributed by atoms with Gasteiger partial charge in [-0.3, -0.25) is 14.6 Å². The summed E-state index contributed by atoms with van der Waals surface area (Å²) in [5, 5.41) is 1.82. The first kappa shape index (κ1) is 18.4. The molecule has 0 radical (unpaired) electrons. The van der Waals surface area contributed by atoms with E-state index >= 15 is 0 Å². The molecular formula is C14H11F3N4O3S2. The lowest BCUT2D eigenvalue weighted by atomic mass is 10.2. The van der Waals surface area contributed by atoms with Gasteiger partial charge in [-0.05, 0) is 24.3 Å². The summed E-state index contributed by atoms with van der Waals surface area (Å²) in [6.07, 6.45) is -1.33. The fraction of sp³-hybridized carbons (Fsp3) is 0.143. The summed E-state index contributed by atoms with van der Waals surface area (Å²) in [7, 11) is -4.20. The smallest absolute Gasteiger partial charge is 0.297 e. The number of thiazole rings is 1. The molecule has 0 fully saturated rings. The summed E-state index contributed by atoms with van der Waals surface area (Å²) in [5.74, 6) is -0.661. The zero-order chi connectivity index (χ0) is 18.9. The summed E-state index contributed by atoms with van der Waals surface area (Å²) in [6.45, 7) is 0. The molecule has 3 rings (SSSR count). The number of benzene rings is 1. The second-order valence-electron chi connectivity index (χ2n) is 5.18. The first-order valence-corrected chi connectivity index (χ1v) is 9.40. The molecule has 2 N–H and O–H groups in total. The number of nitrogens with zero attached hydrogens (tertiary/aromatic N) is 2. The molecule has 0 unspecified atom stereocenters. The second kappa shape index (κ2) is 6.70. The van der Waals surface area contributed by atoms with Crippen molar-refractivity contribution in [2.45, 2.75) is 17.5 Å². The molecule has 0 spiro atoms. The van der Waals surface area contributed by atoms with Crippen LogP contribution in [0.15, 0.2) is 46.9 Å². The van der Waals surface area contributed by atoms with Gasteiger partial charge in [-0.1, -0.05) is 0 Å². The Balaban J connectivity index is 1.62. The van der Waals surface area contributed by atoms with Gasteiger partial charge >= 0.3 is 6.18 Å². The fourth-order valence-electron chi connectivity index (χ4n) is 2.08. The normalized spacial score (nSPS) is 12.4. The number of nitrogens with one attached hydrogen (secondary N) is 2. The van der Waals surface area contributed by atoms with Gasteiger partial charge in [0.1, 0.15) is 0 Å². The van der Waals surface area contributed by atoms with E-state index in [-0.39, 0.29) is 6.42 Å². The molecule has 3 aromatic rings. The first-order valence-electron chi connectivity index (χ1n) is 7.04. The lowest BCUT2D eigenvalue weighted by Gasteiger charge is -2.10. The van der Waals surface area contributed by atoms with E-state index < -0.39 is 32.6 Å². The van der Waals surface area contributed by atoms with Crippen LogP contribution in [0.3, 0.4) is 0 Å². The predicted molar refractivity (Wildman–Crippen MR) is 86.7 cm³/mol. The van der Waals surface area contributed by atoms with Gasteiger partial charge in [-0.25, -0.2) is 13.4 Å². The van der Waals surface area contributed by atoms with Gasteiger partial charge < -0.3 is 0 Å². The minimum atomic E-state index is -4.57. The Morgan fingerprint density at radius 2 is 1.92 bits per heavy atom. The Labute approximate surface area is 149 Å². The molecule has 2 heterocycles. The van der Waals surface area contributed by atoms with Gasteiger partial charge in [0.05, 0.1) is 22.6 Å². The molecule has 2 aromatic heterocycles. The van der Waals surface area contributed by atoms with Crippen molar-refractivity contribution in [3.05, 3.63) is 53.3 Å². The van der Waals surface area contributed by atoms with Crippen LogP contribution in [0.5, 0.6) is 0 Å². The van der Waals surface area contributed by atoms with Gasteiger partial charge in [-0.2, -0.15) is 13.2 Å². The van der Waals surface area contributed by atoms with Crippen molar-refractivity contribution in [3.63, 3.8) is 0 Å². The highest BCUT2D eigenvalue weighted by Gasteiger charge is 2.30. The third-order valence-corrected chi connectivity index (χ3v) is 5.34. The lowest BCUT2D eigenvalue weighted by molar-refractivity contribution is -0.137. The maximum Gasteiger partial charge on any atom is 0.416 e. The van der Waals surface area contributed by atoms with Crippen LogP contribution in [-0.2, 0) is 27.4 Å². The topological polar surface area (TPSA) is 92.6 Å². The summed E-state index contributed by atoms with van der Waals surface area (Å²) < 4.78 is 63.3. The molecule has 0 atom stereocenters. The Bertz CT molecular complexity index is 1010. The molecule has 0 aliphatic heterocycles. The van der Waals surface area contributed by atoms with Crippen LogP contribution in [0.4, 0.5) is 13.2 Å². The van der Waals surface area contributed by atoms with Gasteiger partial charge in [0.25, 0.3) is 10.0 Å². The summed E-state index contributed by atoms with van der Waals surface area (Å²) in [5.41, 5.74) is 1.48. The number of fused-ring (bicyclic) bond motifs is 1. The highest BCUT2D eigenvalue weighted by Crippen LogP contribution is 2.29. The van der Waals surface area contributed by atoms with Crippen molar-refractivity contribution in [1.82, 2.24) is 19.6 Å². The number of amides is 1. The number of carbonyl (C=O) groups is 1. The standard InChI is InChI=1S/C14H11F3N4O3S2/c15-14(16,17)9-1-3-11(4-2-9)26(23,24)20-19-12(22)7-10-8-21-5-6-25-13(21)18-10/h1-6,8,20H,7H2,(H,19,22). The highest BCUT2D eigenvalue weighted by atomic mass is 32.2. The Hall–Kier alpha value is -2.44. The third kappa shape index (κ3) is 4.03. The number of hydrogen-bond donors (Lipinski definition) is 2. The number of hydrogen-bond acceptors (Lipinski definition) is 5. The van der Waals surface area contributed by atoms with E-state index in [0.29, 0.717) is 22.8 Å². The number of rotatable bonds is 5. The molecule has 0 aliphatic rings. The molecule has 7 nitrogen and oxygen atoms in total. The molecule has 0 aliphatic carbocycles. The Morgan fingerprint density at radius 3 is 2.54 bits per heavy atom. The van der Waals surface area contributed by atoms with E-state index in [9.17, 15) is 26.4 Å². The number of imidazole rings is 1. The third-order valence-electron chi connectivity index (χ3n) is 3.30. The number of halogens is 3. The minimum absolute atomic E-state index is 0.163. The summed E-state index contributed by atoms with van der Waals surface area (Å²) in [4.78, 5) is 18.2. The molecule has 0 saturated heterocycles. The lowest BCUT2D eigenvalue weighted by Crippen LogP contribution is -2.42. The molecule has 0 saturated carbocycles. The van der Waals surface area contributed by atoms with Crippen LogP contribution < -0.4 is 10.3 Å². The zero-order valence-corrected chi connectivity index (χ0v) is 14.5. The van der Waals surface area contributed by atoms with Crippen LogP contribution in [0.1, 0.15) is 11.3 Å². The second-order valence-corrected chi connectivity index (χ2v) is 7.73. The van der Waals surface area contributed by atoms with Crippen molar-refractivity contribution < 1.29 is 26.4 Å². The van der Waals surface area contributed by atoms with Crippen LogP contribution in [-0.4, -0.2) is 23.7 Å². The van der Waals surface area contributed by atoms with E-state index in [1.807, 2.05) is 15.6 Å². The van der Waals surface area contributed by atoms with Crippen LogP contribution in [0, 0.1) is 0 Å². The molecule has 1 aromatic carbocycles. The van der Waals surface area contributed by atoms with E-state index in [4.69, 9.17) is 0 Å². The molecular weight excluding hydrogens is 393 g/mol. The van der Waals surface area contributed by atoms with Gasteiger partial charge in [0.15, 0.2) is 4.96 Å². The van der Waals surface area contributed by atoms with Crippen LogP contribution >= 0.6 is 11.3 Å². The minimum Gasteiger partial charge on any atom is -0.297 e.